The molecule has 2 aromatic rings. The summed E-state index contributed by atoms with van der Waals surface area (Å²) in [5.41, 5.74) is 2.73. The van der Waals surface area contributed by atoms with E-state index in [0.717, 1.165) is 27.8 Å². The van der Waals surface area contributed by atoms with Crippen molar-refractivity contribution in [3.63, 3.8) is 0 Å². The molecule has 0 unspecified atom stereocenters. The molecule has 0 fully saturated rings. The molecule has 27 heavy (non-hydrogen) atoms. The molecule has 0 bridgehead atoms. The predicted octanol–water partition coefficient (Wildman–Crippen LogP) is 5.15. The molecule has 146 valence electrons. The van der Waals surface area contributed by atoms with Gasteiger partial charge >= 0.3 is 0 Å². The van der Waals surface area contributed by atoms with Gasteiger partial charge in [-0.2, -0.15) is 0 Å². The van der Waals surface area contributed by atoms with Gasteiger partial charge in [-0.05, 0) is 67.3 Å². The van der Waals surface area contributed by atoms with Gasteiger partial charge in [-0.3, -0.25) is 0 Å². The van der Waals surface area contributed by atoms with Gasteiger partial charge in [-0.15, -0.1) is 0 Å². The van der Waals surface area contributed by atoms with Gasteiger partial charge in [0.1, 0.15) is 12.9 Å². The Morgan fingerprint density at radius 3 is 1.81 bits per heavy atom. The molecule has 0 heterocycles. The third kappa shape index (κ3) is 4.67. The number of benzene rings is 2. The summed E-state index contributed by atoms with van der Waals surface area (Å²) in [6.45, 7) is 5.48. The first-order valence-corrected chi connectivity index (χ1v) is 11.1. The van der Waals surface area contributed by atoms with E-state index in [1.807, 2.05) is 43.3 Å². The maximum atomic E-state index is 13.1. The molecule has 5 nitrogen and oxygen atoms in total. The molecule has 0 radical (unpaired) electrons. The molecular weight excluding hydrogens is 363 g/mol. The average Bonchev–Trinajstić information content (AvgIpc) is 2.64. The summed E-state index contributed by atoms with van der Waals surface area (Å²) in [5.74, 6) is 2.37. The first-order chi connectivity index (χ1) is 12.7. The van der Waals surface area contributed by atoms with E-state index in [0.29, 0.717) is 17.2 Å². The smallest absolute Gasteiger partial charge is 0.203 e. The second-order valence-electron chi connectivity index (χ2n) is 6.52. The molecule has 2 aromatic carbocycles. The van der Waals surface area contributed by atoms with Crippen LogP contribution in [0, 0.1) is 6.92 Å². The highest BCUT2D eigenvalue weighted by atomic mass is 31.2. The number of methoxy groups -OCH3 is 4. The van der Waals surface area contributed by atoms with Crippen molar-refractivity contribution in [2.24, 2.45) is 0 Å². The van der Waals surface area contributed by atoms with Crippen molar-refractivity contribution in [2.45, 2.75) is 6.92 Å². The Labute approximate surface area is 161 Å². The van der Waals surface area contributed by atoms with Crippen LogP contribution in [0.3, 0.4) is 0 Å². The minimum absolute atomic E-state index is 0.505. The normalized spacial score (nSPS) is 11.9. The number of hydrogen-bond donors (Lipinski definition) is 0. The molecule has 0 atom stereocenters. The Kier molecular flexibility index (Phi) is 6.61. The fraction of sp³-hybridized carbons (Fsp3) is 0.333. The fourth-order valence-electron chi connectivity index (χ4n) is 2.93. The van der Waals surface area contributed by atoms with E-state index in [9.17, 15) is 4.57 Å². The lowest BCUT2D eigenvalue weighted by molar-refractivity contribution is 0.324. The molecule has 0 saturated heterocycles. The number of rotatable bonds is 7. The van der Waals surface area contributed by atoms with Crippen molar-refractivity contribution in [3.05, 3.63) is 47.0 Å². The van der Waals surface area contributed by atoms with Gasteiger partial charge in [-0.1, -0.05) is 6.07 Å². The van der Waals surface area contributed by atoms with Crippen LogP contribution in [0.1, 0.15) is 16.7 Å². The molecule has 0 spiro atoms. The zero-order valence-electron chi connectivity index (χ0n) is 17.0. The van der Waals surface area contributed by atoms with Gasteiger partial charge in [0.05, 0.1) is 28.4 Å². The van der Waals surface area contributed by atoms with Crippen LogP contribution >= 0.6 is 7.14 Å². The third-order valence-corrected chi connectivity index (χ3v) is 5.81. The minimum atomic E-state index is -2.60. The lowest BCUT2D eigenvalue weighted by atomic mass is 10.1. The SMILES string of the molecule is COc1ccc(/C=C(\c2cc(OC)c(OC)c(OC)c2)P(C)(C)=O)cc1C. The van der Waals surface area contributed by atoms with Crippen LogP contribution in [0.25, 0.3) is 11.4 Å². The summed E-state index contributed by atoms with van der Waals surface area (Å²) in [6.07, 6.45) is 1.94. The van der Waals surface area contributed by atoms with Gasteiger partial charge in [-0.25, -0.2) is 0 Å². The number of hydrogen-bond acceptors (Lipinski definition) is 5. The summed E-state index contributed by atoms with van der Waals surface area (Å²) in [6, 6.07) is 9.50. The van der Waals surface area contributed by atoms with Crippen LogP contribution in [0.2, 0.25) is 0 Å². The number of aryl methyl sites for hydroxylation is 1. The van der Waals surface area contributed by atoms with Crippen LogP contribution in [0.15, 0.2) is 30.3 Å². The zero-order chi connectivity index (χ0) is 20.2. The highest BCUT2D eigenvalue weighted by Gasteiger charge is 2.22. The van der Waals surface area contributed by atoms with Gasteiger partial charge in [0.15, 0.2) is 11.5 Å². The van der Waals surface area contributed by atoms with Crippen LogP contribution < -0.4 is 18.9 Å². The maximum Gasteiger partial charge on any atom is 0.203 e. The molecule has 6 heteroatoms. The summed E-state index contributed by atoms with van der Waals surface area (Å²) >= 11 is 0. The molecule has 0 amide bonds. The Hall–Kier alpha value is -2.39. The predicted molar refractivity (Wildman–Crippen MR) is 111 cm³/mol. The van der Waals surface area contributed by atoms with E-state index in [4.69, 9.17) is 18.9 Å². The molecule has 0 aliphatic heterocycles. The molecule has 2 rings (SSSR count). The van der Waals surface area contributed by atoms with E-state index < -0.39 is 7.14 Å². The zero-order valence-corrected chi connectivity index (χ0v) is 17.8. The van der Waals surface area contributed by atoms with Gasteiger partial charge in [0.25, 0.3) is 0 Å². The highest BCUT2D eigenvalue weighted by molar-refractivity contribution is 7.73. The van der Waals surface area contributed by atoms with Crippen molar-refractivity contribution < 1.29 is 23.5 Å². The van der Waals surface area contributed by atoms with Gasteiger partial charge < -0.3 is 23.5 Å². The summed E-state index contributed by atoms with van der Waals surface area (Å²) in [5, 5.41) is 0.728. The van der Waals surface area contributed by atoms with Crippen molar-refractivity contribution in [1.82, 2.24) is 0 Å². The average molecular weight is 390 g/mol. The molecular formula is C21H27O5P. The second kappa shape index (κ2) is 8.53. The summed E-state index contributed by atoms with van der Waals surface area (Å²) in [7, 11) is 3.73. The topological polar surface area (TPSA) is 54.0 Å². The lowest BCUT2D eigenvalue weighted by Gasteiger charge is -2.18. The van der Waals surface area contributed by atoms with Crippen molar-refractivity contribution >= 4 is 18.5 Å². The van der Waals surface area contributed by atoms with Crippen LogP contribution in [-0.2, 0) is 4.57 Å². The Morgan fingerprint density at radius 1 is 0.852 bits per heavy atom. The van der Waals surface area contributed by atoms with Crippen molar-refractivity contribution in [3.8, 4) is 23.0 Å². The third-order valence-electron chi connectivity index (χ3n) is 4.26. The molecule has 0 saturated carbocycles. The quantitative estimate of drug-likeness (QED) is 0.483. The fourth-order valence-corrected chi connectivity index (χ4v) is 4.14. The molecule has 0 N–H and O–H groups in total. The monoisotopic (exact) mass is 390 g/mol. The van der Waals surface area contributed by atoms with Gasteiger partial charge in [0, 0.05) is 5.31 Å². The van der Waals surface area contributed by atoms with Gasteiger partial charge in [0.2, 0.25) is 5.75 Å². The van der Waals surface area contributed by atoms with E-state index in [2.05, 4.69) is 0 Å². The van der Waals surface area contributed by atoms with E-state index in [1.165, 1.54) is 0 Å². The molecule has 0 aromatic heterocycles. The van der Waals surface area contributed by atoms with Crippen LogP contribution in [0.4, 0.5) is 0 Å². The highest BCUT2D eigenvalue weighted by Crippen LogP contribution is 2.55. The maximum absolute atomic E-state index is 13.1. The first-order valence-electron chi connectivity index (χ1n) is 8.47. The largest absolute Gasteiger partial charge is 0.496 e. The Morgan fingerprint density at radius 2 is 1.41 bits per heavy atom. The molecule has 0 aliphatic carbocycles. The standard InChI is InChI=1S/C21H27O5P/c1-14-10-15(8-9-17(14)23-2)11-20(27(6,7)22)16-12-18(24-3)21(26-5)19(13-16)25-4/h8-13H,1-7H3/b20-11+. The molecule has 0 aliphatic rings. The minimum Gasteiger partial charge on any atom is -0.496 e. The second-order valence-corrected chi connectivity index (χ2v) is 9.71. The Balaban J connectivity index is 2.68. The Bertz CT molecular complexity index is 870. The lowest BCUT2D eigenvalue weighted by Crippen LogP contribution is -1.97. The van der Waals surface area contributed by atoms with E-state index in [-0.39, 0.29) is 0 Å². The van der Waals surface area contributed by atoms with Crippen molar-refractivity contribution in [2.75, 3.05) is 41.8 Å². The van der Waals surface area contributed by atoms with Crippen LogP contribution in [0.5, 0.6) is 23.0 Å². The van der Waals surface area contributed by atoms with E-state index in [1.54, 1.807) is 41.8 Å². The summed E-state index contributed by atoms with van der Waals surface area (Å²) in [4.78, 5) is 0. The first kappa shape index (κ1) is 20.9. The number of ether oxygens (including phenoxy) is 4. The van der Waals surface area contributed by atoms with Crippen molar-refractivity contribution in [1.29, 1.82) is 0 Å². The van der Waals surface area contributed by atoms with E-state index >= 15 is 0 Å². The summed E-state index contributed by atoms with van der Waals surface area (Å²) < 4.78 is 34.7. The van der Waals surface area contributed by atoms with Crippen LogP contribution in [-0.4, -0.2) is 41.8 Å².